The first-order valence-electron chi connectivity index (χ1n) is 2.54. The summed E-state index contributed by atoms with van der Waals surface area (Å²) in [6, 6.07) is 0. The summed E-state index contributed by atoms with van der Waals surface area (Å²) in [6.07, 6.45) is 0. The molecule has 0 rings (SSSR count). The Kier molecular flexibility index (Phi) is 22.7. The van der Waals surface area contributed by atoms with Crippen molar-refractivity contribution in [3.63, 3.8) is 0 Å². The van der Waals surface area contributed by atoms with Gasteiger partial charge in [0.15, 0.2) is 0 Å². The fourth-order valence-corrected chi connectivity index (χ4v) is 0.744. The molecule has 3 nitrogen and oxygen atoms in total. The molecule has 58 valence electrons. The summed E-state index contributed by atoms with van der Waals surface area (Å²) in [7, 11) is -1.83. The van der Waals surface area contributed by atoms with Crippen molar-refractivity contribution in [1.82, 2.24) is 0 Å². The van der Waals surface area contributed by atoms with Gasteiger partial charge in [0.1, 0.15) is 0 Å². The van der Waals surface area contributed by atoms with Crippen molar-refractivity contribution in [3.05, 3.63) is 0 Å². The van der Waals surface area contributed by atoms with Gasteiger partial charge in [0, 0.05) is 13.2 Å². The molecule has 0 radical (unpaired) electrons. The van der Waals surface area contributed by atoms with Crippen molar-refractivity contribution in [2.45, 2.75) is 13.8 Å². The van der Waals surface area contributed by atoms with E-state index in [4.69, 9.17) is 0 Å². The van der Waals surface area contributed by atoms with E-state index in [0.717, 1.165) is 0 Å². The quantitative estimate of drug-likeness (QED) is 0.363. The predicted octanol–water partition coefficient (Wildman–Crippen LogP) is -2.73. The minimum absolute atomic E-state index is 0. The second-order valence-electron chi connectivity index (χ2n) is 1.06. The Hall–Kier alpha value is 1.37. The first-order valence-corrected chi connectivity index (χ1v) is 3.63. The molecule has 0 spiro atoms. The third-order valence-electron chi connectivity index (χ3n) is 0.469. The Balaban J connectivity index is -0.000000245. The van der Waals surface area contributed by atoms with Gasteiger partial charge in [-0.3, -0.25) is 0 Å². The van der Waals surface area contributed by atoms with Gasteiger partial charge in [-0.15, -0.1) is 0 Å². The summed E-state index contributed by atoms with van der Waals surface area (Å²) in [5.41, 5.74) is 0. The van der Waals surface area contributed by atoms with Crippen molar-refractivity contribution < 1.29 is 26.3 Å². The third kappa shape index (κ3) is 12.1. The van der Waals surface area contributed by atoms with E-state index in [-0.39, 0.29) is 35.5 Å². The molecule has 0 aromatic rings. The molecule has 10 heavy (non-hydrogen) atoms. The van der Waals surface area contributed by atoms with Crippen molar-refractivity contribution in [3.8, 4) is 0 Å². The van der Waals surface area contributed by atoms with E-state index in [9.17, 15) is 4.89 Å². The van der Waals surface area contributed by atoms with E-state index in [0.29, 0.717) is 13.2 Å². The van der Waals surface area contributed by atoms with Crippen LogP contribution in [0.4, 0.5) is 0 Å². The summed E-state index contributed by atoms with van der Waals surface area (Å²) >= 11 is 0. The topological polar surface area (TPSA) is 41.5 Å². The van der Waals surface area contributed by atoms with Gasteiger partial charge < -0.3 is 26.3 Å². The van der Waals surface area contributed by atoms with Crippen LogP contribution in [0.15, 0.2) is 0 Å². The van der Waals surface area contributed by atoms with E-state index in [2.05, 4.69) is 9.05 Å². The maximum atomic E-state index is 10.3. The second-order valence-corrected chi connectivity index (χ2v) is 2.02. The van der Waals surface area contributed by atoms with Gasteiger partial charge in [-0.2, -0.15) is 0 Å². The fourth-order valence-electron chi connectivity index (χ4n) is 0.248. The molecule has 0 aromatic heterocycles. The van der Waals surface area contributed by atoms with Crippen molar-refractivity contribution in [2.24, 2.45) is 0 Å². The number of rotatable bonds is 4. The Morgan fingerprint density at radius 3 is 1.70 bits per heavy atom. The molecular weight excluding hydrogens is 187 g/mol. The van der Waals surface area contributed by atoms with E-state index >= 15 is 0 Å². The average molecular weight is 197 g/mol. The Morgan fingerprint density at radius 2 is 1.50 bits per heavy atom. The molecular formula is C4H10ClMgO3P. The van der Waals surface area contributed by atoms with Gasteiger partial charge in [0.2, 0.25) is 0 Å². The van der Waals surface area contributed by atoms with Crippen LogP contribution in [0.5, 0.6) is 0 Å². The number of halogens is 1. The van der Waals surface area contributed by atoms with Crippen molar-refractivity contribution in [1.29, 1.82) is 0 Å². The van der Waals surface area contributed by atoms with Gasteiger partial charge >= 0.3 is 23.1 Å². The Morgan fingerprint density at radius 1 is 1.20 bits per heavy atom. The first kappa shape index (κ1) is 17.5. The Bertz CT molecular complexity index is 53.8. The van der Waals surface area contributed by atoms with Crippen LogP contribution in [-0.4, -0.2) is 36.3 Å². The maximum absolute atomic E-state index is 10.3. The molecule has 0 saturated carbocycles. The molecule has 0 amide bonds. The molecule has 0 bridgehead atoms. The minimum Gasteiger partial charge on any atom is -1.00 e. The van der Waals surface area contributed by atoms with E-state index in [1.54, 1.807) is 13.8 Å². The zero-order chi connectivity index (χ0) is 6.41. The van der Waals surface area contributed by atoms with Crippen molar-refractivity contribution >= 4 is 31.7 Å². The molecule has 0 aliphatic rings. The third-order valence-corrected chi connectivity index (χ3v) is 1.41. The maximum Gasteiger partial charge on any atom is 2.00 e. The van der Waals surface area contributed by atoms with Gasteiger partial charge in [-0.25, -0.2) is 0 Å². The fraction of sp³-hybridized carbons (Fsp3) is 1.00. The largest absolute Gasteiger partial charge is 2.00 e. The molecule has 0 aromatic carbocycles. The summed E-state index contributed by atoms with van der Waals surface area (Å²) in [5.74, 6) is 0. The SMILES string of the molecule is CCOP([O-])OCC.[Cl-].[Mg+2]. The van der Waals surface area contributed by atoms with Gasteiger partial charge in [0.05, 0.1) is 8.60 Å². The standard InChI is InChI=1S/C4H10O3P.ClH.Mg/c1-3-6-8(5)7-4-2;;/h3-4H2,1-2H3;1H;/q-1;;+2/p-1. The number of hydrogen-bond acceptors (Lipinski definition) is 3. The van der Waals surface area contributed by atoms with Crippen LogP contribution < -0.4 is 17.3 Å². The summed E-state index contributed by atoms with van der Waals surface area (Å²) < 4.78 is 9.14. The summed E-state index contributed by atoms with van der Waals surface area (Å²) in [6.45, 7) is 4.42. The average Bonchev–Trinajstić information content (AvgIpc) is 1.68. The van der Waals surface area contributed by atoms with Crippen LogP contribution in [0, 0.1) is 0 Å². The molecule has 0 unspecified atom stereocenters. The van der Waals surface area contributed by atoms with E-state index < -0.39 is 8.60 Å². The van der Waals surface area contributed by atoms with Crippen LogP contribution in [-0.2, 0) is 9.05 Å². The molecule has 0 fully saturated rings. The van der Waals surface area contributed by atoms with E-state index in [1.807, 2.05) is 0 Å². The van der Waals surface area contributed by atoms with Crippen molar-refractivity contribution in [2.75, 3.05) is 13.2 Å². The molecule has 0 aliphatic heterocycles. The normalized spacial score (nSPS) is 8.40. The molecule has 0 saturated heterocycles. The molecule has 0 atom stereocenters. The van der Waals surface area contributed by atoms with Crippen LogP contribution >= 0.6 is 8.60 Å². The first-order chi connectivity index (χ1) is 3.81. The molecule has 6 heteroatoms. The molecule has 0 N–H and O–H groups in total. The van der Waals surface area contributed by atoms with E-state index in [1.165, 1.54) is 0 Å². The summed E-state index contributed by atoms with van der Waals surface area (Å²) in [5, 5.41) is 0. The number of hydrogen-bond donors (Lipinski definition) is 0. The zero-order valence-electron chi connectivity index (χ0n) is 6.17. The second kappa shape index (κ2) is 13.0. The molecule has 0 aliphatic carbocycles. The zero-order valence-corrected chi connectivity index (χ0v) is 9.24. The van der Waals surface area contributed by atoms with Gasteiger partial charge in [-0.05, 0) is 13.8 Å². The molecule has 0 heterocycles. The van der Waals surface area contributed by atoms with Crippen LogP contribution in [0.3, 0.4) is 0 Å². The predicted molar refractivity (Wildman–Crippen MR) is 35.9 cm³/mol. The smallest absolute Gasteiger partial charge is 1.00 e. The van der Waals surface area contributed by atoms with Crippen LogP contribution in [0.2, 0.25) is 0 Å². The van der Waals surface area contributed by atoms with Gasteiger partial charge in [-0.1, -0.05) is 0 Å². The summed E-state index contributed by atoms with van der Waals surface area (Å²) in [4.78, 5) is 10.3. The minimum atomic E-state index is -1.83. The van der Waals surface area contributed by atoms with Crippen LogP contribution in [0.1, 0.15) is 13.8 Å². The Labute approximate surface area is 85.0 Å². The van der Waals surface area contributed by atoms with Gasteiger partial charge in [0.25, 0.3) is 0 Å². The monoisotopic (exact) mass is 196 g/mol. The van der Waals surface area contributed by atoms with Crippen LogP contribution in [0.25, 0.3) is 0 Å².